The summed E-state index contributed by atoms with van der Waals surface area (Å²) in [6.07, 6.45) is 15.4. The Balaban J connectivity index is 3.50. The number of nitrogens with zero attached hydrogens (tertiary/aromatic N) is 1. The molecule has 27 heavy (non-hydrogen) atoms. The molecule has 6 nitrogen and oxygen atoms in total. The molecule has 0 rings (SSSR count). The van der Waals surface area contributed by atoms with Gasteiger partial charge in [-0.1, -0.05) is 84.0 Å². The summed E-state index contributed by atoms with van der Waals surface area (Å²) >= 11 is 0. The van der Waals surface area contributed by atoms with Crippen LogP contribution in [0.3, 0.4) is 0 Å². The van der Waals surface area contributed by atoms with Crippen LogP contribution in [0.5, 0.6) is 0 Å². The van der Waals surface area contributed by atoms with Gasteiger partial charge in [-0.3, -0.25) is 9.35 Å². The standard InChI is InChI=1S/C20H41NO5S/c1-3-4-5-6-7-8-9-10-11-12-13-14-15-16-20(23)21(2)17-19(22)18-27(24,25)26/h19,22H,3-18H2,1-2H3,(H,24,25,26). The van der Waals surface area contributed by atoms with Gasteiger partial charge < -0.3 is 10.0 Å². The van der Waals surface area contributed by atoms with E-state index in [1.807, 2.05) is 0 Å². The SMILES string of the molecule is CCCCCCCCCCCCCCCC(=O)N(C)CC(O)CS(=O)(=O)O. The first-order valence-electron chi connectivity index (χ1n) is 10.6. The number of hydrogen-bond acceptors (Lipinski definition) is 4. The van der Waals surface area contributed by atoms with Crippen molar-refractivity contribution in [2.45, 2.75) is 103 Å². The molecule has 0 aliphatic rings. The summed E-state index contributed by atoms with van der Waals surface area (Å²) in [6.45, 7) is 2.16. The van der Waals surface area contributed by atoms with Gasteiger partial charge in [0.05, 0.1) is 6.10 Å². The first kappa shape index (κ1) is 26.3. The van der Waals surface area contributed by atoms with Crippen LogP contribution in [0.15, 0.2) is 0 Å². The van der Waals surface area contributed by atoms with Gasteiger partial charge in [-0.05, 0) is 6.42 Å². The molecule has 0 radical (unpaired) electrons. The second-order valence-corrected chi connectivity index (χ2v) is 9.17. The summed E-state index contributed by atoms with van der Waals surface area (Å²) in [5.74, 6) is -0.851. The smallest absolute Gasteiger partial charge is 0.267 e. The van der Waals surface area contributed by atoms with E-state index < -0.39 is 22.0 Å². The van der Waals surface area contributed by atoms with E-state index in [4.69, 9.17) is 4.55 Å². The number of hydrogen-bond donors (Lipinski definition) is 2. The molecule has 0 fully saturated rings. The van der Waals surface area contributed by atoms with Crippen LogP contribution in [-0.2, 0) is 14.9 Å². The van der Waals surface area contributed by atoms with E-state index in [9.17, 15) is 18.3 Å². The van der Waals surface area contributed by atoms with Gasteiger partial charge in [0.2, 0.25) is 5.91 Å². The van der Waals surface area contributed by atoms with Crippen LogP contribution in [0, 0.1) is 0 Å². The third kappa shape index (κ3) is 18.5. The maximum Gasteiger partial charge on any atom is 0.267 e. The molecule has 1 unspecified atom stereocenters. The number of amides is 1. The van der Waals surface area contributed by atoms with Crippen LogP contribution in [0.4, 0.5) is 0 Å². The number of aliphatic hydroxyl groups is 1. The van der Waals surface area contributed by atoms with Gasteiger partial charge in [0, 0.05) is 20.0 Å². The average Bonchev–Trinajstić information content (AvgIpc) is 2.57. The van der Waals surface area contributed by atoms with Crippen molar-refractivity contribution in [3.8, 4) is 0 Å². The van der Waals surface area contributed by atoms with E-state index in [0.717, 1.165) is 19.3 Å². The molecular formula is C20H41NO5S. The largest absolute Gasteiger partial charge is 0.390 e. The minimum atomic E-state index is -4.22. The molecular weight excluding hydrogens is 366 g/mol. The second-order valence-electron chi connectivity index (χ2n) is 7.67. The molecule has 0 heterocycles. The molecule has 1 amide bonds. The van der Waals surface area contributed by atoms with Crippen LogP contribution < -0.4 is 0 Å². The Kier molecular flexibility index (Phi) is 15.9. The predicted molar refractivity (Wildman–Crippen MR) is 110 cm³/mol. The molecule has 7 heteroatoms. The summed E-state index contributed by atoms with van der Waals surface area (Å²) in [7, 11) is -2.68. The Hall–Kier alpha value is -0.660. The van der Waals surface area contributed by atoms with Gasteiger partial charge in [-0.25, -0.2) is 0 Å². The highest BCUT2D eigenvalue weighted by atomic mass is 32.2. The number of rotatable bonds is 18. The maximum absolute atomic E-state index is 11.9. The van der Waals surface area contributed by atoms with Gasteiger partial charge in [-0.2, -0.15) is 8.42 Å². The Morgan fingerprint density at radius 1 is 0.852 bits per heavy atom. The number of carbonyl (C=O) groups excluding carboxylic acids is 1. The second kappa shape index (κ2) is 16.3. The lowest BCUT2D eigenvalue weighted by Crippen LogP contribution is -2.37. The van der Waals surface area contributed by atoms with E-state index in [0.29, 0.717) is 6.42 Å². The van der Waals surface area contributed by atoms with E-state index in [1.165, 1.54) is 76.2 Å². The van der Waals surface area contributed by atoms with Crippen LogP contribution in [-0.4, -0.2) is 54.3 Å². The lowest BCUT2D eigenvalue weighted by Gasteiger charge is -2.20. The lowest BCUT2D eigenvalue weighted by atomic mass is 10.0. The molecule has 0 saturated heterocycles. The fraction of sp³-hybridized carbons (Fsp3) is 0.950. The van der Waals surface area contributed by atoms with Gasteiger partial charge in [0.15, 0.2) is 0 Å². The first-order valence-corrected chi connectivity index (χ1v) is 12.2. The van der Waals surface area contributed by atoms with Crippen molar-refractivity contribution in [2.75, 3.05) is 19.3 Å². The first-order chi connectivity index (χ1) is 12.8. The highest BCUT2D eigenvalue weighted by Gasteiger charge is 2.18. The number of unbranched alkanes of at least 4 members (excludes halogenated alkanes) is 12. The fourth-order valence-electron chi connectivity index (χ4n) is 3.20. The third-order valence-electron chi connectivity index (χ3n) is 4.81. The van der Waals surface area contributed by atoms with E-state index in [2.05, 4.69) is 6.92 Å². The molecule has 0 aromatic heterocycles. The normalized spacial score (nSPS) is 12.9. The molecule has 0 saturated carbocycles. The zero-order valence-corrected chi connectivity index (χ0v) is 18.2. The predicted octanol–water partition coefficient (Wildman–Crippen LogP) is 4.17. The molecule has 162 valence electrons. The zero-order chi connectivity index (χ0) is 20.5. The van der Waals surface area contributed by atoms with Crippen molar-refractivity contribution >= 4 is 16.0 Å². The summed E-state index contributed by atoms with van der Waals surface area (Å²) in [5.41, 5.74) is 0. The van der Waals surface area contributed by atoms with Crippen LogP contribution >= 0.6 is 0 Å². The van der Waals surface area contributed by atoms with E-state index >= 15 is 0 Å². The summed E-state index contributed by atoms with van der Waals surface area (Å²) in [5, 5.41) is 9.56. The number of likely N-dealkylation sites (N-methyl/N-ethyl adjacent to an activating group) is 1. The van der Waals surface area contributed by atoms with Crippen molar-refractivity contribution in [1.29, 1.82) is 0 Å². The van der Waals surface area contributed by atoms with Gasteiger partial charge in [0.25, 0.3) is 10.1 Å². The fourth-order valence-corrected chi connectivity index (χ4v) is 3.79. The Morgan fingerprint density at radius 2 is 1.26 bits per heavy atom. The topological polar surface area (TPSA) is 94.9 Å². The van der Waals surface area contributed by atoms with Crippen molar-refractivity contribution < 1.29 is 22.9 Å². The average molecular weight is 408 g/mol. The number of carbonyl (C=O) groups is 1. The molecule has 1 atom stereocenters. The Labute approximate surface area is 166 Å². The Bertz CT molecular complexity index is 467. The highest BCUT2D eigenvalue weighted by Crippen LogP contribution is 2.13. The van der Waals surface area contributed by atoms with Crippen LogP contribution in [0.2, 0.25) is 0 Å². The highest BCUT2D eigenvalue weighted by molar-refractivity contribution is 7.85. The molecule has 0 aromatic rings. The minimum Gasteiger partial charge on any atom is -0.390 e. The molecule has 0 bridgehead atoms. The van der Waals surface area contributed by atoms with Crippen molar-refractivity contribution in [3.63, 3.8) is 0 Å². The van der Waals surface area contributed by atoms with E-state index in [1.54, 1.807) is 0 Å². The molecule has 2 N–H and O–H groups in total. The van der Waals surface area contributed by atoms with Crippen molar-refractivity contribution in [1.82, 2.24) is 4.90 Å². The van der Waals surface area contributed by atoms with Gasteiger partial charge >= 0.3 is 0 Å². The monoisotopic (exact) mass is 407 g/mol. The summed E-state index contributed by atoms with van der Waals surface area (Å²) in [6, 6.07) is 0. The van der Waals surface area contributed by atoms with E-state index in [-0.39, 0.29) is 12.5 Å². The number of aliphatic hydroxyl groups excluding tert-OH is 1. The van der Waals surface area contributed by atoms with Crippen molar-refractivity contribution in [3.05, 3.63) is 0 Å². The van der Waals surface area contributed by atoms with Gasteiger partial charge in [0.1, 0.15) is 5.75 Å². The molecule has 0 aliphatic heterocycles. The van der Waals surface area contributed by atoms with Crippen LogP contribution in [0.1, 0.15) is 96.8 Å². The zero-order valence-electron chi connectivity index (χ0n) is 17.4. The lowest BCUT2D eigenvalue weighted by molar-refractivity contribution is -0.131. The minimum absolute atomic E-state index is 0.0862. The molecule has 0 aliphatic carbocycles. The third-order valence-corrected chi connectivity index (χ3v) is 5.61. The van der Waals surface area contributed by atoms with Crippen LogP contribution in [0.25, 0.3) is 0 Å². The summed E-state index contributed by atoms with van der Waals surface area (Å²) < 4.78 is 30.1. The van der Waals surface area contributed by atoms with Gasteiger partial charge in [-0.15, -0.1) is 0 Å². The molecule has 0 aromatic carbocycles. The molecule has 0 spiro atoms. The summed E-state index contributed by atoms with van der Waals surface area (Å²) in [4.78, 5) is 13.3. The van der Waals surface area contributed by atoms with Crippen molar-refractivity contribution in [2.24, 2.45) is 0 Å². The quantitative estimate of drug-likeness (QED) is 0.263. The Morgan fingerprint density at radius 3 is 1.67 bits per heavy atom. The maximum atomic E-state index is 11.9.